The second-order valence-electron chi connectivity index (χ2n) is 5.49. The van der Waals surface area contributed by atoms with Crippen LogP contribution in [0.2, 0.25) is 0 Å². The van der Waals surface area contributed by atoms with E-state index in [1.165, 1.54) is 0 Å². The van der Waals surface area contributed by atoms with Crippen molar-refractivity contribution >= 4 is 9.24 Å². The highest BCUT2D eigenvalue weighted by Crippen LogP contribution is 2.56. The van der Waals surface area contributed by atoms with Crippen LogP contribution in [0, 0.1) is 12.8 Å². The molecule has 1 aliphatic carbocycles. The normalized spacial score (nSPS) is 31.2. The predicted octanol–water partition coefficient (Wildman–Crippen LogP) is 4.89. The summed E-state index contributed by atoms with van der Waals surface area (Å²) in [4.78, 5) is 0. The van der Waals surface area contributed by atoms with Crippen LogP contribution in [0.1, 0.15) is 56.6 Å². The van der Waals surface area contributed by atoms with Crippen LogP contribution in [0.5, 0.6) is 11.5 Å². The summed E-state index contributed by atoms with van der Waals surface area (Å²) in [5, 5.41) is 10.1. The molecule has 2 aliphatic rings. The molecular weight excluding hydrogens is 274 g/mol. The lowest BCUT2D eigenvalue weighted by Gasteiger charge is -2.44. The molecule has 1 aromatic carbocycles. The SMILES string of the molecule is CC.Cc1cc(O)c2c(c1)OC(F)(P)[C@@H]1CCCC[C@H]21. The van der Waals surface area contributed by atoms with Crippen LogP contribution < -0.4 is 4.74 Å². The molecule has 0 saturated heterocycles. The number of halogens is 1. The molecule has 2 unspecified atom stereocenters. The van der Waals surface area contributed by atoms with Gasteiger partial charge in [-0.05, 0) is 37.5 Å². The standard InChI is InChI=1S/C14H18FO2P.C2H6/c1-8-6-11(16)13-9-4-2-3-5-10(9)14(15,18)17-12(13)7-8;1-2/h6-7,9-10,16H,2-5,18H2,1H3;1-2H3/t9-,10+,14?;/m0./s1. The topological polar surface area (TPSA) is 29.5 Å². The maximum atomic E-state index is 14.6. The number of fused-ring (bicyclic) bond motifs is 3. The number of phenols is 1. The molecule has 1 aliphatic heterocycles. The number of aromatic hydroxyl groups is 1. The van der Waals surface area contributed by atoms with Gasteiger partial charge in [-0.15, -0.1) is 0 Å². The monoisotopic (exact) mass is 298 g/mol. The second-order valence-corrected chi connectivity index (χ2v) is 6.28. The van der Waals surface area contributed by atoms with Gasteiger partial charge in [0.1, 0.15) is 11.5 Å². The predicted molar refractivity (Wildman–Crippen MR) is 83.1 cm³/mol. The van der Waals surface area contributed by atoms with Crippen LogP contribution in [-0.4, -0.2) is 10.7 Å². The van der Waals surface area contributed by atoms with E-state index >= 15 is 0 Å². The molecule has 1 heterocycles. The quantitative estimate of drug-likeness (QED) is 0.691. The number of benzene rings is 1. The molecule has 0 spiro atoms. The zero-order chi connectivity index (χ0) is 14.9. The van der Waals surface area contributed by atoms with E-state index in [2.05, 4.69) is 9.24 Å². The number of ether oxygens (including phenoxy) is 1. The van der Waals surface area contributed by atoms with Crippen molar-refractivity contribution in [1.29, 1.82) is 0 Å². The molecule has 1 aromatic rings. The minimum Gasteiger partial charge on any atom is -0.508 e. The van der Waals surface area contributed by atoms with E-state index in [1.807, 2.05) is 26.8 Å². The van der Waals surface area contributed by atoms with Crippen LogP contribution in [0.25, 0.3) is 0 Å². The van der Waals surface area contributed by atoms with E-state index < -0.39 is 5.60 Å². The molecule has 20 heavy (non-hydrogen) atoms. The van der Waals surface area contributed by atoms with Crippen molar-refractivity contribution < 1.29 is 14.2 Å². The Labute approximate surface area is 122 Å². The fourth-order valence-corrected chi connectivity index (χ4v) is 3.92. The van der Waals surface area contributed by atoms with Crippen molar-refractivity contribution in [2.45, 2.75) is 58.0 Å². The first kappa shape index (κ1) is 15.6. The lowest BCUT2D eigenvalue weighted by Crippen LogP contribution is -2.42. The highest BCUT2D eigenvalue weighted by atomic mass is 31.0. The lowest BCUT2D eigenvalue weighted by atomic mass is 9.73. The van der Waals surface area contributed by atoms with Gasteiger partial charge < -0.3 is 9.84 Å². The first-order valence-corrected chi connectivity index (χ1v) is 8.07. The summed E-state index contributed by atoms with van der Waals surface area (Å²) in [5.74, 6) is 0.665. The Morgan fingerprint density at radius 2 is 1.95 bits per heavy atom. The molecule has 2 nitrogen and oxygen atoms in total. The molecule has 112 valence electrons. The van der Waals surface area contributed by atoms with Gasteiger partial charge in [-0.25, -0.2) is 0 Å². The van der Waals surface area contributed by atoms with Crippen LogP contribution in [-0.2, 0) is 0 Å². The number of aryl methyl sites for hydroxylation is 1. The molecule has 3 rings (SSSR count). The van der Waals surface area contributed by atoms with E-state index in [1.54, 1.807) is 6.07 Å². The maximum absolute atomic E-state index is 14.6. The third-order valence-electron chi connectivity index (χ3n) is 4.17. The third kappa shape index (κ3) is 2.65. The number of rotatable bonds is 0. The molecule has 0 bridgehead atoms. The summed E-state index contributed by atoms with van der Waals surface area (Å²) in [7, 11) is 2.22. The van der Waals surface area contributed by atoms with Crippen LogP contribution in [0.4, 0.5) is 4.39 Å². The van der Waals surface area contributed by atoms with Crippen molar-refractivity contribution in [2.24, 2.45) is 5.92 Å². The Morgan fingerprint density at radius 3 is 2.65 bits per heavy atom. The highest BCUT2D eigenvalue weighted by Gasteiger charge is 2.49. The Morgan fingerprint density at radius 1 is 1.30 bits per heavy atom. The number of hydrogen-bond acceptors (Lipinski definition) is 2. The molecular formula is C16H24FO2P. The summed E-state index contributed by atoms with van der Waals surface area (Å²) in [6.07, 6.45) is 3.87. The van der Waals surface area contributed by atoms with E-state index in [-0.39, 0.29) is 17.6 Å². The first-order chi connectivity index (χ1) is 9.49. The van der Waals surface area contributed by atoms with E-state index in [4.69, 9.17) is 4.74 Å². The minimum atomic E-state index is -1.70. The zero-order valence-electron chi connectivity index (χ0n) is 12.4. The molecule has 0 radical (unpaired) electrons. The Bertz CT molecular complexity index is 488. The van der Waals surface area contributed by atoms with Gasteiger partial charge in [0.05, 0.1) is 0 Å². The van der Waals surface area contributed by atoms with Crippen LogP contribution >= 0.6 is 9.24 Å². The second kappa shape index (κ2) is 5.89. The van der Waals surface area contributed by atoms with Gasteiger partial charge in [0.25, 0.3) is 5.60 Å². The van der Waals surface area contributed by atoms with Crippen LogP contribution in [0.3, 0.4) is 0 Å². The van der Waals surface area contributed by atoms with Crippen molar-refractivity contribution in [3.63, 3.8) is 0 Å². The highest BCUT2D eigenvalue weighted by molar-refractivity contribution is 7.18. The largest absolute Gasteiger partial charge is 0.508 e. The van der Waals surface area contributed by atoms with E-state index in [0.717, 1.165) is 36.8 Å². The van der Waals surface area contributed by atoms with E-state index in [0.29, 0.717) is 5.75 Å². The fourth-order valence-electron chi connectivity index (χ4n) is 3.39. The van der Waals surface area contributed by atoms with Gasteiger partial charge >= 0.3 is 0 Å². The van der Waals surface area contributed by atoms with Crippen molar-refractivity contribution in [3.05, 3.63) is 23.3 Å². The smallest absolute Gasteiger partial charge is 0.262 e. The molecule has 0 aromatic heterocycles. The summed E-state index contributed by atoms with van der Waals surface area (Å²) in [6.45, 7) is 5.87. The zero-order valence-corrected chi connectivity index (χ0v) is 13.6. The van der Waals surface area contributed by atoms with Crippen molar-refractivity contribution in [2.75, 3.05) is 0 Å². The van der Waals surface area contributed by atoms with Gasteiger partial charge in [-0.2, -0.15) is 4.39 Å². The molecule has 0 amide bonds. The average Bonchev–Trinajstić information content (AvgIpc) is 2.39. The van der Waals surface area contributed by atoms with E-state index in [9.17, 15) is 9.50 Å². The van der Waals surface area contributed by atoms with Gasteiger partial charge in [0.2, 0.25) is 0 Å². The third-order valence-corrected chi connectivity index (χ3v) is 4.72. The number of hydrogen-bond donors (Lipinski definition) is 1. The number of alkyl halides is 1. The van der Waals surface area contributed by atoms with Gasteiger partial charge in [0, 0.05) is 17.4 Å². The molecule has 4 heteroatoms. The molecule has 1 fully saturated rings. The van der Waals surface area contributed by atoms with Gasteiger partial charge in [-0.1, -0.05) is 35.9 Å². The van der Waals surface area contributed by atoms with Crippen LogP contribution in [0.15, 0.2) is 12.1 Å². The molecule has 4 atom stereocenters. The Balaban J connectivity index is 0.000000704. The van der Waals surface area contributed by atoms with Crippen molar-refractivity contribution in [3.8, 4) is 11.5 Å². The van der Waals surface area contributed by atoms with Gasteiger partial charge in [0.15, 0.2) is 0 Å². The Kier molecular flexibility index (Phi) is 4.59. The number of phenolic OH excluding ortho intramolecular Hbond substituents is 1. The minimum absolute atomic E-state index is 0.0746. The lowest BCUT2D eigenvalue weighted by molar-refractivity contribution is -0.0632. The fraction of sp³-hybridized carbons (Fsp3) is 0.625. The average molecular weight is 298 g/mol. The maximum Gasteiger partial charge on any atom is 0.262 e. The summed E-state index contributed by atoms with van der Waals surface area (Å²) in [5.41, 5.74) is 0.000495. The summed E-state index contributed by atoms with van der Waals surface area (Å²) < 4.78 is 20.1. The molecule has 1 N–H and O–H groups in total. The van der Waals surface area contributed by atoms with Gasteiger partial charge in [-0.3, -0.25) is 0 Å². The Hall–Kier alpha value is -0.820. The first-order valence-electron chi connectivity index (χ1n) is 7.49. The molecule has 1 saturated carbocycles. The summed E-state index contributed by atoms with van der Waals surface area (Å²) in [6, 6.07) is 3.56. The summed E-state index contributed by atoms with van der Waals surface area (Å²) >= 11 is 0. The van der Waals surface area contributed by atoms with Crippen molar-refractivity contribution in [1.82, 2.24) is 0 Å².